The maximum atomic E-state index is 11.9. The minimum Gasteiger partial charge on any atom is -0.495 e. The zero-order valence-corrected chi connectivity index (χ0v) is 12.5. The molecule has 0 bridgehead atoms. The molecule has 1 aromatic rings. The molecule has 2 rings (SSSR count). The molecule has 1 aliphatic heterocycles. The zero-order chi connectivity index (χ0) is 14.5. The topological polar surface area (TPSA) is 53.6 Å². The molecule has 1 aromatic carbocycles. The number of amides is 1. The summed E-state index contributed by atoms with van der Waals surface area (Å²) in [5, 5.41) is 6.55. The molecule has 0 aromatic heterocycles. The summed E-state index contributed by atoms with van der Waals surface area (Å²) < 4.78 is 5.15. The van der Waals surface area contributed by atoms with Gasteiger partial charge in [-0.25, -0.2) is 0 Å². The quantitative estimate of drug-likeness (QED) is 0.866. The molecule has 5 nitrogen and oxygen atoms in total. The number of piperazine rings is 1. The molecule has 0 spiro atoms. The number of rotatable bonds is 4. The molecule has 1 saturated heterocycles. The van der Waals surface area contributed by atoms with E-state index < -0.39 is 0 Å². The molecule has 1 unspecified atom stereocenters. The van der Waals surface area contributed by atoms with E-state index >= 15 is 0 Å². The minimum atomic E-state index is -0.144. The van der Waals surface area contributed by atoms with Crippen molar-refractivity contribution in [3.63, 3.8) is 0 Å². The van der Waals surface area contributed by atoms with Gasteiger partial charge in [-0.2, -0.15) is 0 Å². The Morgan fingerprint density at radius 2 is 2.40 bits per heavy atom. The highest BCUT2D eigenvalue weighted by molar-refractivity contribution is 6.32. The van der Waals surface area contributed by atoms with Crippen LogP contribution in [0.25, 0.3) is 0 Å². The summed E-state index contributed by atoms with van der Waals surface area (Å²) in [5.74, 6) is 0.704. The lowest BCUT2D eigenvalue weighted by molar-refractivity contribution is -0.126. The third kappa shape index (κ3) is 3.42. The summed E-state index contributed by atoms with van der Waals surface area (Å²) in [7, 11) is 3.26. The van der Waals surface area contributed by atoms with Crippen LogP contribution in [-0.4, -0.2) is 50.6 Å². The van der Waals surface area contributed by atoms with Crippen molar-refractivity contribution >= 4 is 17.5 Å². The van der Waals surface area contributed by atoms with E-state index in [1.165, 1.54) is 0 Å². The van der Waals surface area contributed by atoms with Gasteiger partial charge in [0.25, 0.3) is 0 Å². The molecule has 1 amide bonds. The number of hydrogen-bond acceptors (Lipinski definition) is 4. The maximum Gasteiger partial charge on any atom is 0.238 e. The highest BCUT2D eigenvalue weighted by atomic mass is 35.5. The molecule has 0 radical (unpaired) electrons. The Hall–Kier alpha value is -1.30. The van der Waals surface area contributed by atoms with E-state index in [4.69, 9.17) is 16.3 Å². The molecule has 20 heavy (non-hydrogen) atoms. The van der Waals surface area contributed by atoms with E-state index in [0.717, 1.165) is 18.7 Å². The summed E-state index contributed by atoms with van der Waals surface area (Å²) in [6.45, 7) is 3.09. The summed E-state index contributed by atoms with van der Waals surface area (Å²) in [6.07, 6.45) is 0. The van der Waals surface area contributed by atoms with Gasteiger partial charge >= 0.3 is 0 Å². The number of methoxy groups -OCH3 is 1. The van der Waals surface area contributed by atoms with Gasteiger partial charge in [0.2, 0.25) is 5.91 Å². The Balaban J connectivity index is 2.10. The average molecular weight is 298 g/mol. The molecular weight excluding hydrogens is 278 g/mol. The molecule has 2 N–H and O–H groups in total. The van der Waals surface area contributed by atoms with E-state index in [1.54, 1.807) is 14.2 Å². The molecular formula is C14H20ClN3O2. The lowest BCUT2D eigenvalue weighted by atomic mass is 10.1. The number of hydrogen-bond donors (Lipinski definition) is 2. The molecule has 1 aliphatic rings. The summed E-state index contributed by atoms with van der Waals surface area (Å²) in [6, 6.07) is 5.58. The van der Waals surface area contributed by atoms with Crippen molar-refractivity contribution in [2.24, 2.45) is 0 Å². The third-order valence-corrected chi connectivity index (χ3v) is 3.80. The highest BCUT2D eigenvalue weighted by Crippen LogP contribution is 2.25. The van der Waals surface area contributed by atoms with Crippen LogP contribution < -0.4 is 15.4 Å². The van der Waals surface area contributed by atoms with Gasteiger partial charge < -0.3 is 15.4 Å². The van der Waals surface area contributed by atoms with Crippen molar-refractivity contribution in [1.29, 1.82) is 0 Å². The van der Waals surface area contributed by atoms with Gasteiger partial charge in [-0.3, -0.25) is 9.69 Å². The molecule has 0 aliphatic carbocycles. The van der Waals surface area contributed by atoms with Crippen molar-refractivity contribution in [1.82, 2.24) is 15.5 Å². The summed E-state index contributed by atoms with van der Waals surface area (Å²) in [4.78, 5) is 14.1. The second kappa shape index (κ2) is 6.92. The number of nitrogens with one attached hydrogen (secondary N) is 2. The standard InChI is InChI=1S/C14H20ClN3O2/c1-16-14(19)12-8-17-5-6-18(12)9-10-3-4-13(20-2)11(15)7-10/h3-4,7,12,17H,5-6,8-9H2,1-2H3,(H,16,19). The zero-order valence-electron chi connectivity index (χ0n) is 11.8. The van der Waals surface area contributed by atoms with Crippen LogP contribution >= 0.6 is 11.6 Å². The third-order valence-electron chi connectivity index (χ3n) is 3.51. The predicted octanol–water partition coefficient (Wildman–Crippen LogP) is 0.868. The van der Waals surface area contributed by atoms with Crippen LogP contribution in [0.3, 0.4) is 0 Å². The number of halogens is 1. The summed E-state index contributed by atoms with van der Waals surface area (Å²) >= 11 is 6.14. The van der Waals surface area contributed by atoms with Gasteiger partial charge in [0.15, 0.2) is 0 Å². The fraction of sp³-hybridized carbons (Fsp3) is 0.500. The second-order valence-corrected chi connectivity index (χ2v) is 5.18. The number of carbonyl (C=O) groups is 1. The molecule has 1 atom stereocenters. The van der Waals surface area contributed by atoms with Crippen LogP contribution in [-0.2, 0) is 11.3 Å². The number of carbonyl (C=O) groups excluding carboxylic acids is 1. The molecule has 110 valence electrons. The van der Waals surface area contributed by atoms with E-state index in [-0.39, 0.29) is 11.9 Å². The second-order valence-electron chi connectivity index (χ2n) is 4.77. The Bertz CT molecular complexity index is 481. The predicted molar refractivity (Wildman–Crippen MR) is 79.1 cm³/mol. The van der Waals surface area contributed by atoms with Crippen molar-refractivity contribution in [2.45, 2.75) is 12.6 Å². The van der Waals surface area contributed by atoms with Gasteiger partial charge in [-0.05, 0) is 17.7 Å². The van der Waals surface area contributed by atoms with Gasteiger partial charge in [-0.1, -0.05) is 17.7 Å². The van der Waals surface area contributed by atoms with E-state index in [1.807, 2.05) is 18.2 Å². The molecule has 1 heterocycles. The van der Waals surface area contributed by atoms with Crippen molar-refractivity contribution in [3.05, 3.63) is 28.8 Å². The van der Waals surface area contributed by atoms with Gasteiger partial charge in [-0.15, -0.1) is 0 Å². The normalized spacial score (nSPS) is 19.6. The minimum absolute atomic E-state index is 0.0387. The van der Waals surface area contributed by atoms with Crippen molar-refractivity contribution in [2.75, 3.05) is 33.8 Å². The largest absolute Gasteiger partial charge is 0.495 e. The smallest absolute Gasteiger partial charge is 0.238 e. The van der Waals surface area contributed by atoms with Gasteiger partial charge in [0, 0.05) is 33.2 Å². The van der Waals surface area contributed by atoms with Crippen LogP contribution in [0, 0.1) is 0 Å². The molecule has 1 fully saturated rings. The Labute approximate surface area is 124 Å². The SMILES string of the molecule is CNC(=O)C1CNCCN1Cc1ccc(OC)c(Cl)c1. The molecule has 6 heteroatoms. The van der Waals surface area contributed by atoms with Gasteiger partial charge in [0.1, 0.15) is 11.8 Å². The van der Waals surface area contributed by atoms with Crippen molar-refractivity contribution < 1.29 is 9.53 Å². The van der Waals surface area contributed by atoms with Crippen LogP contribution in [0.4, 0.5) is 0 Å². The average Bonchev–Trinajstić information content (AvgIpc) is 2.47. The Morgan fingerprint density at radius 3 is 3.05 bits per heavy atom. The Kier molecular flexibility index (Phi) is 5.23. The number of ether oxygens (including phenoxy) is 1. The lowest BCUT2D eigenvalue weighted by Crippen LogP contribution is -2.56. The van der Waals surface area contributed by atoms with E-state index in [9.17, 15) is 4.79 Å². The fourth-order valence-corrected chi connectivity index (χ4v) is 2.68. The van der Waals surface area contributed by atoms with Gasteiger partial charge in [0.05, 0.1) is 12.1 Å². The fourth-order valence-electron chi connectivity index (χ4n) is 2.40. The molecule has 0 saturated carbocycles. The van der Waals surface area contributed by atoms with Crippen molar-refractivity contribution in [3.8, 4) is 5.75 Å². The Morgan fingerprint density at radius 1 is 1.60 bits per heavy atom. The number of nitrogens with zero attached hydrogens (tertiary/aromatic N) is 1. The first-order valence-corrected chi connectivity index (χ1v) is 7.02. The van der Waals surface area contributed by atoms with E-state index in [0.29, 0.717) is 23.9 Å². The number of likely N-dealkylation sites (N-methyl/N-ethyl adjacent to an activating group) is 1. The monoisotopic (exact) mass is 297 g/mol. The first-order valence-electron chi connectivity index (χ1n) is 6.64. The van der Waals surface area contributed by atoms with E-state index in [2.05, 4.69) is 15.5 Å². The maximum absolute atomic E-state index is 11.9. The summed E-state index contributed by atoms with van der Waals surface area (Å²) in [5.41, 5.74) is 1.08. The first-order chi connectivity index (χ1) is 9.65. The first kappa shape index (κ1) is 15.1. The van der Waals surface area contributed by atoms with Crippen LogP contribution in [0.1, 0.15) is 5.56 Å². The number of benzene rings is 1. The van der Waals surface area contributed by atoms with Crippen LogP contribution in [0.15, 0.2) is 18.2 Å². The highest BCUT2D eigenvalue weighted by Gasteiger charge is 2.27. The van der Waals surface area contributed by atoms with Crippen LogP contribution in [0.5, 0.6) is 5.75 Å². The van der Waals surface area contributed by atoms with Crippen LogP contribution in [0.2, 0.25) is 5.02 Å². The lowest BCUT2D eigenvalue weighted by Gasteiger charge is -2.34.